The monoisotopic (exact) mass is 303 g/mol. The van der Waals surface area contributed by atoms with Gasteiger partial charge in [0.2, 0.25) is 11.8 Å². The number of rotatable bonds is 4. The minimum atomic E-state index is -0.0266. The molecule has 2 heterocycles. The molecule has 20 heavy (non-hydrogen) atoms. The van der Waals surface area contributed by atoms with E-state index < -0.39 is 0 Å². The fourth-order valence-electron chi connectivity index (χ4n) is 3.18. The third-order valence-corrected chi connectivity index (χ3v) is 4.33. The first-order chi connectivity index (χ1) is 8.95. The molecule has 2 aliphatic rings. The van der Waals surface area contributed by atoms with Crippen molar-refractivity contribution in [1.29, 1.82) is 0 Å². The van der Waals surface area contributed by atoms with Gasteiger partial charge in [-0.1, -0.05) is 0 Å². The fraction of sp³-hybridized carbons (Fsp3) is 0.857. The van der Waals surface area contributed by atoms with Crippen LogP contribution in [0.5, 0.6) is 0 Å². The first-order valence-corrected chi connectivity index (χ1v) is 7.16. The predicted octanol–water partition coefficient (Wildman–Crippen LogP) is 0.875. The van der Waals surface area contributed by atoms with Gasteiger partial charge in [-0.15, -0.1) is 12.4 Å². The molecule has 5 nitrogen and oxygen atoms in total. The number of carbonyl (C=O) groups excluding carboxylic acids is 2. The van der Waals surface area contributed by atoms with Crippen molar-refractivity contribution in [1.82, 2.24) is 15.1 Å². The minimum Gasteiger partial charge on any atom is -0.347 e. The van der Waals surface area contributed by atoms with Crippen LogP contribution < -0.4 is 5.32 Å². The van der Waals surface area contributed by atoms with Crippen LogP contribution in [0.15, 0.2) is 0 Å². The molecule has 0 aliphatic carbocycles. The lowest BCUT2D eigenvalue weighted by atomic mass is 9.89. The van der Waals surface area contributed by atoms with Gasteiger partial charge in [0.1, 0.15) is 0 Å². The van der Waals surface area contributed by atoms with E-state index in [0.717, 1.165) is 12.8 Å². The van der Waals surface area contributed by atoms with E-state index in [1.165, 1.54) is 17.7 Å². The molecule has 2 saturated heterocycles. The number of nitrogens with one attached hydrogen (secondary N) is 1. The van der Waals surface area contributed by atoms with Crippen LogP contribution in [0, 0.1) is 5.92 Å². The van der Waals surface area contributed by atoms with Gasteiger partial charge in [0.25, 0.3) is 0 Å². The Morgan fingerprint density at radius 2 is 1.60 bits per heavy atom. The average molecular weight is 304 g/mol. The van der Waals surface area contributed by atoms with Crippen LogP contribution in [0.3, 0.4) is 0 Å². The zero-order chi connectivity index (χ0) is 14.0. The summed E-state index contributed by atoms with van der Waals surface area (Å²) in [6.07, 6.45) is 5.32. The topological polar surface area (TPSA) is 52.7 Å². The van der Waals surface area contributed by atoms with E-state index in [0.29, 0.717) is 24.4 Å². The van der Waals surface area contributed by atoms with Crippen LogP contribution in [0.2, 0.25) is 0 Å². The highest BCUT2D eigenvalue weighted by Crippen LogP contribution is 2.32. The SMILES string of the molecule is CN(C)C(=O)CN(C)C(=O)CC1CC2CCC(C1)N2.Cl. The maximum atomic E-state index is 12.1. The molecule has 1 N–H and O–H groups in total. The molecule has 2 bridgehead atoms. The van der Waals surface area contributed by atoms with Crippen molar-refractivity contribution in [3.8, 4) is 0 Å². The van der Waals surface area contributed by atoms with E-state index >= 15 is 0 Å². The molecule has 2 rings (SSSR count). The number of halogens is 1. The lowest BCUT2D eigenvalue weighted by Crippen LogP contribution is -2.41. The van der Waals surface area contributed by atoms with E-state index in [-0.39, 0.29) is 30.8 Å². The van der Waals surface area contributed by atoms with E-state index in [1.54, 1.807) is 26.0 Å². The Kier molecular flexibility index (Phi) is 6.27. The maximum absolute atomic E-state index is 12.1. The van der Waals surface area contributed by atoms with E-state index in [1.807, 2.05) is 0 Å². The summed E-state index contributed by atoms with van der Waals surface area (Å²) in [5.41, 5.74) is 0. The van der Waals surface area contributed by atoms with Gasteiger partial charge in [-0.05, 0) is 31.6 Å². The molecule has 2 atom stereocenters. The van der Waals surface area contributed by atoms with Gasteiger partial charge < -0.3 is 15.1 Å². The molecular weight excluding hydrogens is 278 g/mol. The molecular formula is C14H26ClN3O2. The van der Waals surface area contributed by atoms with Crippen LogP contribution in [0.4, 0.5) is 0 Å². The van der Waals surface area contributed by atoms with Crippen molar-refractivity contribution >= 4 is 24.2 Å². The summed E-state index contributed by atoms with van der Waals surface area (Å²) in [5.74, 6) is 0.561. The molecule has 2 fully saturated rings. The minimum absolute atomic E-state index is 0. The standard InChI is InChI=1S/C14H25N3O2.ClH/c1-16(2)14(19)9-17(3)13(18)8-10-6-11-4-5-12(7-10)15-11;/h10-12,15H,4-9H2,1-3H3;1H. The van der Waals surface area contributed by atoms with E-state index in [2.05, 4.69) is 5.32 Å². The molecule has 2 aliphatic heterocycles. The fourth-order valence-corrected chi connectivity index (χ4v) is 3.18. The molecule has 0 aromatic carbocycles. The quantitative estimate of drug-likeness (QED) is 0.839. The van der Waals surface area contributed by atoms with Crippen LogP contribution in [-0.4, -0.2) is 61.4 Å². The van der Waals surface area contributed by atoms with Crippen molar-refractivity contribution in [2.45, 2.75) is 44.2 Å². The molecule has 0 saturated carbocycles. The Hall–Kier alpha value is -0.810. The van der Waals surface area contributed by atoms with Crippen LogP contribution in [0.25, 0.3) is 0 Å². The van der Waals surface area contributed by atoms with Crippen LogP contribution in [-0.2, 0) is 9.59 Å². The van der Waals surface area contributed by atoms with Gasteiger partial charge in [0, 0.05) is 39.6 Å². The number of hydrogen-bond donors (Lipinski definition) is 1. The summed E-state index contributed by atoms with van der Waals surface area (Å²) in [5, 5.41) is 3.58. The molecule has 0 aromatic heterocycles. The van der Waals surface area contributed by atoms with Gasteiger partial charge in [0.05, 0.1) is 6.54 Å². The molecule has 116 valence electrons. The Balaban J connectivity index is 0.00000200. The second-order valence-corrected chi connectivity index (χ2v) is 6.22. The number of amides is 2. The Bertz CT molecular complexity index is 350. The highest BCUT2D eigenvalue weighted by atomic mass is 35.5. The highest BCUT2D eigenvalue weighted by Gasteiger charge is 2.34. The third kappa shape index (κ3) is 4.35. The highest BCUT2D eigenvalue weighted by molar-refractivity contribution is 5.85. The zero-order valence-corrected chi connectivity index (χ0v) is 13.4. The number of piperidine rings is 1. The Morgan fingerprint density at radius 3 is 2.10 bits per heavy atom. The first kappa shape index (κ1) is 17.2. The zero-order valence-electron chi connectivity index (χ0n) is 12.6. The third-order valence-electron chi connectivity index (χ3n) is 4.33. The Labute approximate surface area is 127 Å². The second-order valence-electron chi connectivity index (χ2n) is 6.22. The van der Waals surface area contributed by atoms with Crippen molar-refractivity contribution in [2.75, 3.05) is 27.7 Å². The van der Waals surface area contributed by atoms with Gasteiger partial charge >= 0.3 is 0 Å². The summed E-state index contributed by atoms with van der Waals surface area (Å²) in [7, 11) is 5.15. The smallest absolute Gasteiger partial charge is 0.241 e. The number of nitrogens with zero attached hydrogens (tertiary/aromatic N) is 2. The molecule has 0 aromatic rings. The van der Waals surface area contributed by atoms with E-state index in [4.69, 9.17) is 0 Å². The molecule has 0 radical (unpaired) electrons. The summed E-state index contributed by atoms with van der Waals surface area (Å²) < 4.78 is 0. The summed E-state index contributed by atoms with van der Waals surface area (Å²) >= 11 is 0. The predicted molar refractivity (Wildman–Crippen MR) is 80.9 cm³/mol. The maximum Gasteiger partial charge on any atom is 0.241 e. The summed E-state index contributed by atoms with van der Waals surface area (Å²) in [4.78, 5) is 26.8. The van der Waals surface area contributed by atoms with Gasteiger partial charge in [-0.2, -0.15) is 0 Å². The van der Waals surface area contributed by atoms with Gasteiger partial charge in [0.15, 0.2) is 0 Å². The molecule has 2 unspecified atom stereocenters. The van der Waals surface area contributed by atoms with Gasteiger partial charge in [-0.25, -0.2) is 0 Å². The van der Waals surface area contributed by atoms with Crippen molar-refractivity contribution in [3.05, 3.63) is 0 Å². The summed E-state index contributed by atoms with van der Waals surface area (Å²) in [6.45, 7) is 0.184. The summed E-state index contributed by atoms with van der Waals surface area (Å²) in [6, 6.07) is 1.23. The largest absolute Gasteiger partial charge is 0.347 e. The first-order valence-electron chi connectivity index (χ1n) is 7.16. The normalized spacial score (nSPS) is 27.6. The lowest BCUT2D eigenvalue weighted by Gasteiger charge is -2.30. The van der Waals surface area contributed by atoms with Crippen molar-refractivity contribution in [3.63, 3.8) is 0 Å². The van der Waals surface area contributed by atoms with Crippen LogP contribution in [0.1, 0.15) is 32.1 Å². The number of hydrogen-bond acceptors (Lipinski definition) is 3. The second kappa shape index (κ2) is 7.27. The molecule has 2 amide bonds. The molecule has 6 heteroatoms. The van der Waals surface area contributed by atoms with Crippen molar-refractivity contribution in [2.24, 2.45) is 5.92 Å². The van der Waals surface area contributed by atoms with Crippen molar-refractivity contribution < 1.29 is 9.59 Å². The van der Waals surface area contributed by atoms with E-state index in [9.17, 15) is 9.59 Å². The lowest BCUT2D eigenvalue weighted by molar-refractivity contribution is -0.138. The number of fused-ring (bicyclic) bond motifs is 2. The van der Waals surface area contributed by atoms with Gasteiger partial charge in [-0.3, -0.25) is 9.59 Å². The average Bonchev–Trinajstić information content (AvgIpc) is 2.68. The van der Waals surface area contributed by atoms with Crippen LogP contribution >= 0.6 is 12.4 Å². The number of likely N-dealkylation sites (N-methyl/N-ethyl adjacent to an activating group) is 2. The Morgan fingerprint density at radius 1 is 1.05 bits per heavy atom. The number of carbonyl (C=O) groups is 2. The molecule has 0 spiro atoms.